The van der Waals surface area contributed by atoms with Gasteiger partial charge in [-0.1, -0.05) is 6.92 Å². The molecule has 1 spiro atoms. The summed E-state index contributed by atoms with van der Waals surface area (Å²) in [6.07, 6.45) is -2.15. The molecule has 2 N–H and O–H groups in total. The Bertz CT molecular complexity index is 658. The predicted octanol–water partition coefficient (Wildman–Crippen LogP) is 3.12. The SMILES string of the molecule is CCc1cc2c(s1)[C@]1(CCN[C@@H](C)C1)OCC2=O.O=C(O)C(F)(F)F. The first-order valence-corrected chi connectivity index (χ1v) is 8.74. The minimum absolute atomic E-state index is 0.151. The van der Waals surface area contributed by atoms with Crippen LogP contribution in [0.5, 0.6) is 0 Å². The van der Waals surface area contributed by atoms with E-state index in [-0.39, 0.29) is 18.0 Å². The number of carbonyl (C=O) groups excluding carboxylic acids is 1. The molecule has 0 saturated carbocycles. The molecule has 0 aliphatic carbocycles. The van der Waals surface area contributed by atoms with Gasteiger partial charge in [-0.3, -0.25) is 4.79 Å². The summed E-state index contributed by atoms with van der Waals surface area (Å²) in [5.74, 6) is -2.61. The van der Waals surface area contributed by atoms with E-state index in [2.05, 4.69) is 25.2 Å². The molecule has 2 atom stereocenters. The normalized spacial score (nSPS) is 26.0. The van der Waals surface area contributed by atoms with Crippen molar-refractivity contribution in [3.8, 4) is 0 Å². The maximum Gasteiger partial charge on any atom is 0.490 e. The highest BCUT2D eigenvalue weighted by molar-refractivity contribution is 7.12. The third kappa shape index (κ3) is 4.39. The topological polar surface area (TPSA) is 75.6 Å². The number of piperidine rings is 1. The van der Waals surface area contributed by atoms with E-state index in [1.165, 1.54) is 9.75 Å². The second kappa shape index (κ2) is 7.43. The molecule has 0 aromatic carbocycles. The van der Waals surface area contributed by atoms with Crippen LogP contribution in [0, 0.1) is 0 Å². The lowest BCUT2D eigenvalue weighted by atomic mass is 9.83. The molecule has 1 aromatic rings. The molecule has 140 valence electrons. The number of carboxylic acid groups (broad SMARTS) is 1. The van der Waals surface area contributed by atoms with Crippen LogP contribution in [-0.4, -0.2) is 42.2 Å². The van der Waals surface area contributed by atoms with E-state index >= 15 is 0 Å². The summed E-state index contributed by atoms with van der Waals surface area (Å²) in [6, 6.07) is 2.53. The Hall–Kier alpha value is -1.45. The van der Waals surface area contributed by atoms with Gasteiger partial charge in [-0.05, 0) is 38.8 Å². The second-order valence-corrected chi connectivity index (χ2v) is 7.26. The van der Waals surface area contributed by atoms with Crippen molar-refractivity contribution in [1.29, 1.82) is 0 Å². The van der Waals surface area contributed by atoms with Crippen molar-refractivity contribution in [3.05, 3.63) is 21.4 Å². The number of rotatable bonds is 1. The molecule has 3 heterocycles. The minimum Gasteiger partial charge on any atom is -0.475 e. The number of carbonyl (C=O) groups is 2. The molecule has 1 aromatic heterocycles. The Morgan fingerprint density at radius 1 is 1.52 bits per heavy atom. The molecule has 5 nitrogen and oxygen atoms in total. The molecule has 1 fully saturated rings. The number of aryl methyl sites for hydroxylation is 1. The van der Waals surface area contributed by atoms with Gasteiger partial charge < -0.3 is 15.2 Å². The molecule has 3 rings (SSSR count). The summed E-state index contributed by atoms with van der Waals surface area (Å²) < 4.78 is 37.7. The van der Waals surface area contributed by atoms with Gasteiger partial charge in [-0.2, -0.15) is 13.2 Å². The maximum absolute atomic E-state index is 12.0. The number of ketones is 1. The Kier molecular flexibility index (Phi) is 5.90. The third-order valence-electron chi connectivity index (χ3n) is 4.23. The summed E-state index contributed by atoms with van der Waals surface area (Å²) in [6.45, 7) is 5.54. The van der Waals surface area contributed by atoms with Crippen LogP contribution >= 0.6 is 11.3 Å². The Morgan fingerprint density at radius 2 is 2.16 bits per heavy atom. The molecule has 0 unspecified atom stereocenters. The van der Waals surface area contributed by atoms with Gasteiger partial charge in [-0.25, -0.2) is 4.79 Å². The zero-order chi connectivity index (χ0) is 18.8. The van der Waals surface area contributed by atoms with Crippen molar-refractivity contribution < 1.29 is 32.6 Å². The fourth-order valence-electron chi connectivity index (χ4n) is 3.04. The molecule has 2 aliphatic heterocycles. The average Bonchev–Trinajstić information content (AvgIpc) is 2.97. The van der Waals surface area contributed by atoms with E-state index in [0.717, 1.165) is 31.4 Å². The zero-order valence-electron chi connectivity index (χ0n) is 13.9. The lowest BCUT2D eigenvalue weighted by Gasteiger charge is -2.42. The number of hydrogen-bond acceptors (Lipinski definition) is 5. The highest BCUT2D eigenvalue weighted by Crippen LogP contribution is 2.45. The van der Waals surface area contributed by atoms with Crippen LogP contribution in [-0.2, 0) is 21.6 Å². The number of fused-ring (bicyclic) bond motifs is 2. The third-order valence-corrected chi connectivity index (χ3v) is 5.69. The first-order chi connectivity index (χ1) is 11.6. The number of halogens is 3. The Morgan fingerprint density at radius 3 is 2.68 bits per heavy atom. The number of hydrogen-bond donors (Lipinski definition) is 2. The quantitative estimate of drug-likeness (QED) is 0.784. The Labute approximate surface area is 147 Å². The van der Waals surface area contributed by atoms with E-state index in [4.69, 9.17) is 14.6 Å². The summed E-state index contributed by atoms with van der Waals surface area (Å²) in [5.41, 5.74) is 0.726. The summed E-state index contributed by atoms with van der Waals surface area (Å²) >= 11 is 1.77. The molecule has 0 amide bonds. The summed E-state index contributed by atoms with van der Waals surface area (Å²) in [5, 5.41) is 10.6. The predicted molar refractivity (Wildman–Crippen MR) is 86.0 cm³/mol. The fourth-order valence-corrected chi connectivity index (χ4v) is 4.33. The fraction of sp³-hybridized carbons (Fsp3) is 0.625. The first kappa shape index (κ1) is 19.9. The van der Waals surface area contributed by atoms with Crippen molar-refractivity contribution in [3.63, 3.8) is 0 Å². The van der Waals surface area contributed by atoms with E-state index in [0.29, 0.717) is 6.04 Å². The molecule has 1 saturated heterocycles. The van der Waals surface area contributed by atoms with E-state index in [1.54, 1.807) is 11.3 Å². The van der Waals surface area contributed by atoms with Crippen LogP contribution < -0.4 is 5.32 Å². The Balaban J connectivity index is 0.000000277. The monoisotopic (exact) mass is 379 g/mol. The van der Waals surface area contributed by atoms with Crippen molar-refractivity contribution >= 4 is 23.1 Å². The van der Waals surface area contributed by atoms with E-state index < -0.39 is 12.1 Å². The van der Waals surface area contributed by atoms with Crippen LogP contribution in [0.2, 0.25) is 0 Å². The molecule has 9 heteroatoms. The number of carboxylic acids is 1. The van der Waals surface area contributed by atoms with Crippen LogP contribution in [0.3, 0.4) is 0 Å². The number of aliphatic carboxylic acids is 1. The van der Waals surface area contributed by atoms with Gasteiger partial charge in [0.15, 0.2) is 5.78 Å². The second-order valence-electron chi connectivity index (χ2n) is 6.13. The summed E-state index contributed by atoms with van der Waals surface area (Å²) in [7, 11) is 0. The van der Waals surface area contributed by atoms with Crippen LogP contribution in [0.4, 0.5) is 13.2 Å². The van der Waals surface area contributed by atoms with Crippen LogP contribution in [0.15, 0.2) is 6.07 Å². The zero-order valence-corrected chi connectivity index (χ0v) is 14.7. The van der Waals surface area contributed by atoms with Crippen molar-refractivity contribution in [2.24, 2.45) is 0 Å². The van der Waals surface area contributed by atoms with Crippen molar-refractivity contribution in [1.82, 2.24) is 5.32 Å². The molecule has 0 bridgehead atoms. The number of nitrogens with one attached hydrogen (secondary N) is 1. The number of ether oxygens (including phenoxy) is 1. The van der Waals surface area contributed by atoms with E-state index in [1.807, 2.05) is 0 Å². The van der Waals surface area contributed by atoms with Gasteiger partial charge in [0.1, 0.15) is 12.2 Å². The number of thiophene rings is 1. The molecular formula is C16H20F3NO4S. The standard InChI is InChI=1S/C14H19NO2S.C2HF3O2/c1-3-10-6-11-12(16)8-17-14(13(11)18-10)4-5-15-9(2)7-14;3-2(4,5)1(6)7/h6,9,15H,3-5,7-8H2,1-2H3;(H,6,7)/t9-,14+;/m0./s1. The molecular weight excluding hydrogens is 359 g/mol. The molecule has 2 aliphatic rings. The van der Waals surface area contributed by atoms with Crippen molar-refractivity contribution in [2.75, 3.05) is 13.2 Å². The van der Waals surface area contributed by atoms with Gasteiger partial charge in [0.2, 0.25) is 0 Å². The minimum atomic E-state index is -5.08. The lowest BCUT2D eigenvalue weighted by Crippen LogP contribution is -2.49. The smallest absolute Gasteiger partial charge is 0.475 e. The summed E-state index contributed by atoms with van der Waals surface area (Å²) in [4.78, 5) is 23.4. The molecule has 0 radical (unpaired) electrons. The molecule has 25 heavy (non-hydrogen) atoms. The van der Waals surface area contributed by atoms with Crippen molar-refractivity contribution in [2.45, 2.75) is 50.9 Å². The van der Waals surface area contributed by atoms with Gasteiger partial charge in [-0.15, -0.1) is 11.3 Å². The van der Waals surface area contributed by atoms with Gasteiger partial charge in [0.25, 0.3) is 0 Å². The largest absolute Gasteiger partial charge is 0.490 e. The van der Waals surface area contributed by atoms with Gasteiger partial charge in [0, 0.05) is 21.4 Å². The van der Waals surface area contributed by atoms with Crippen LogP contribution in [0.1, 0.15) is 46.8 Å². The number of alkyl halides is 3. The van der Waals surface area contributed by atoms with E-state index in [9.17, 15) is 18.0 Å². The highest BCUT2D eigenvalue weighted by atomic mass is 32.1. The van der Waals surface area contributed by atoms with Crippen LogP contribution in [0.25, 0.3) is 0 Å². The van der Waals surface area contributed by atoms with Gasteiger partial charge in [0.05, 0.1) is 0 Å². The van der Waals surface area contributed by atoms with Gasteiger partial charge >= 0.3 is 12.1 Å². The average molecular weight is 379 g/mol. The maximum atomic E-state index is 12.0. The highest BCUT2D eigenvalue weighted by Gasteiger charge is 2.44. The number of Topliss-reactive ketones (excluding diaryl/α,β-unsaturated/α-hetero) is 1. The lowest BCUT2D eigenvalue weighted by molar-refractivity contribution is -0.192. The first-order valence-electron chi connectivity index (χ1n) is 7.93.